The Bertz CT molecular complexity index is 454. The van der Waals surface area contributed by atoms with E-state index < -0.39 is 5.54 Å². The fraction of sp³-hybridized carbons (Fsp3) is 0.692. The molecule has 0 saturated heterocycles. The Balaban J connectivity index is 2.09. The lowest BCUT2D eigenvalue weighted by Gasteiger charge is -2.35. The van der Waals surface area contributed by atoms with Crippen molar-refractivity contribution >= 4 is 11.7 Å². The second-order valence-electron chi connectivity index (χ2n) is 5.61. The fourth-order valence-electron chi connectivity index (χ4n) is 2.77. The van der Waals surface area contributed by atoms with Crippen molar-refractivity contribution in [2.24, 2.45) is 18.7 Å². The first-order chi connectivity index (χ1) is 8.40. The molecule has 5 nitrogen and oxygen atoms in total. The molecular weight excluding hydrogens is 228 g/mol. The molecule has 5 heteroatoms. The van der Waals surface area contributed by atoms with Crippen molar-refractivity contribution in [3.8, 4) is 0 Å². The number of hydrogen-bond donors (Lipinski definition) is 2. The quantitative estimate of drug-likeness (QED) is 0.837. The summed E-state index contributed by atoms with van der Waals surface area (Å²) in [5, 5.41) is 7.11. The molecule has 2 unspecified atom stereocenters. The van der Waals surface area contributed by atoms with Crippen molar-refractivity contribution in [1.82, 2.24) is 9.78 Å². The summed E-state index contributed by atoms with van der Waals surface area (Å²) in [7, 11) is 1.81. The number of nitrogens with zero attached hydrogens (tertiary/aromatic N) is 2. The van der Waals surface area contributed by atoms with Crippen LogP contribution in [0.5, 0.6) is 0 Å². The molecule has 1 aromatic rings. The lowest BCUT2D eigenvalue weighted by atomic mass is 9.76. The van der Waals surface area contributed by atoms with Crippen molar-refractivity contribution in [2.45, 2.75) is 45.1 Å². The third-order valence-electron chi connectivity index (χ3n) is 3.73. The zero-order valence-corrected chi connectivity index (χ0v) is 11.4. The topological polar surface area (TPSA) is 72.9 Å². The fourth-order valence-corrected chi connectivity index (χ4v) is 2.77. The summed E-state index contributed by atoms with van der Waals surface area (Å²) in [5.74, 6) is 1.14. The molecule has 1 fully saturated rings. The number of anilines is 1. The molecule has 1 aliphatic rings. The van der Waals surface area contributed by atoms with Gasteiger partial charge in [0, 0.05) is 13.1 Å². The van der Waals surface area contributed by atoms with Gasteiger partial charge in [-0.2, -0.15) is 5.10 Å². The van der Waals surface area contributed by atoms with Crippen LogP contribution in [0.2, 0.25) is 0 Å². The molecule has 1 aromatic heterocycles. The summed E-state index contributed by atoms with van der Waals surface area (Å²) < 4.78 is 1.67. The van der Waals surface area contributed by atoms with Crippen LogP contribution in [0.4, 0.5) is 5.82 Å². The number of aromatic nitrogens is 2. The first-order valence-electron chi connectivity index (χ1n) is 6.52. The van der Waals surface area contributed by atoms with E-state index in [1.54, 1.807) is 4.68 Å². The molecule has 0 radical (unpaired) electrons. The second-order valence-corrected chi connectivity index (χ2v) is 5.61. The second kappa shape index (κ2) is 4.72. The van der Waals surface area contributed by atoms with E-state index in [4.69, 9.17) is 5.73 Å². The predicted octanol–water partition coefficient (Wildman–Crippen LogP) is 1.57. The van der Waals surface area contributed by atoms with E-state index in [0.717, 1.165) is 31.4 Å². The molecule has 2 rings (SSSR count). The molecule has 1 amide bonds. The number of carbonyl (C=O) groups excluding carboxylic acids is 1. The zero-order valence-electron chi connectivity index (χ0n) is 11.4. The maximum atomic E-state index is 12.3. The predicted molar refractivity (Wildman–Crippen MR) is 71.1 cm³/mol. The van der Waals surface area contributed by atoms with Crippen LogP contribution in [-0.2, 0) is 11.8 Å². The summed E-state index contributed by atoms with van der Waals surface area (Å²) in [4.78, 5) is 12.3. The number of nitrogens with one attached hydrogen (secondary N) is 1. The Labute approximate surface area is 108 Å². The number of aryl methyl sites for hydroxylation is 2. The van der Waals surface area contributed by atoms with Crippen LogP contribution in [0.3, 0.4) is 0 Å². The van der Waals surface area contributed by atoms with Gasteiger partial charge in [0.05, 0.1) is 11.2 Å². The van der Waals surface area contributed by atoms with Gasteiger partial charge in [-0.15, -0.1) is 0 Å². The first-order valence-corrected chi connectivity index (χ1v) is 6.52. The standard InChI is InChI=1S/C13H22N4O/c1-9-5-4-6-13(14,8-9)12(18)15-11-7-10(2)16-17(11)3/h7,9H,4-6,8,14H2,1-3H3,(H,15,18). The molecule has 3 N–H and O–H groups in total. The molecular formula is C13H22N4O. The summed E-state index contributed by atoms with van der Waals surface area (Å²) in [6.45, 7) is 4.05. The number of carbonyl (C=O) groups is 1. The van der Waals surface area contributed by atoms with Crippen LogP contribution in [0.1, 0.15) is 38.3 Å². The van der Waals surface area contributed by atoms with Gasteiger partial charge < -0.3 is 11.1 Å². The van der Waals surface area contributed by atoms with Crippen LogP contribution in [0.15, 0.2) is 6.07 Å². The van der Waals surface area contributed by atoms with Crippen LogP contribution < -0.4 is 11.1 Å². The van der Waals surface area contributed by atoms with Gasteiger partial charge in [0.25, 0.3) is 0 Å². The van der Waals surface area contributed by atoms with Crippen LogP contribution in [-0.4, -0.2) is 21.2 Å². The van der Waals surface area contributed by atoms with E-state index >= 15 is 0 Å². The molecule has 0 spiro atoms. The first kappa shape index (κ1) is 13.1. The molecule has 18 heavy (non-hydrogen) atoms. The third-order valence-corrected chi connectivity index (χ3v) is 3.73. The van der Waals surface area contributed by atoms with Gasteiger partial charge in [0.2, 0.25) is 5.91 Å². The lowest BCUT2D eigenvalue weighted by molar-refractivity contribution is -0.122. The number of hydrogen-bond acceptors (Lipinski definition) is 3. The largest absolute Gasteiger partial charge is 0.317 e. The molecule has 1 saturated carbocycles. The zero-order chi connectivity index (χ0) is 13.3. The Morgan fingerprint density at radius 3 is 2.94 bits per heavy atom. The highest BCUT2D eigenvalue weighted by molar-refractivity contribution is 5.97. The molecule has 100 valence electrons. The molecule has 1 aliphatic carbocycles. The average Bonchev–Trinajstić information content (AvgIpc) is 2.57. The van der Waals surface area contributed by atoms with E-state index in [-0.39, 0.29) is 5.91 Å². The Hall–Kier alpha value is -1.36. The maximum Gasteiger partial charge on any atom is 0.245 e. The van der Waals surface area contributed by atoms with Crippen LogP contribution >= 0.6 is 0 Å². The van der Waals surface area contributed by atoms with Gasteiger partial charge in [-0.25, -0.2) is 0 Å². The minimum absolute atomic E-state index is 0.0861. The molecule has 0 aliphatic heterocycles. The van der Waals surface area contributed by atoms with Crippen molar-refractivity contribution in [3.63, 3.8) is 0 Å². The summed E-state index contributed by atoms with van der Waals surface area (Å²) >= 11 is 0. The van der Waals surface area contributed by atoms with E-state index in [1.807, 2.05) is 20.0 Å². The number of nitrogens with two attached hydrogens (primary N) is 1. The summed E-state index contributed by atoms with van der Waals surface area (Å²) in [6.07, 6.45) is 3.71. The monoisotopic (exact) mass is 250 g/mol. The Morgan fingerprint density at radius 2 is 2.39 bits per heavy atom. The van der Waals surface area contributed by atoms with Crippen molar-refractivity contribution in [2.75, 3.05) is 5.32 Å². The van der Waals surface area contributed by atoms with Gasteiger partial charge in [-0.1, -0.05) is 19.8 Å². The summed E-state index contributed by atoms with van der Waals surface area (Å²) in [5.41, 5.74) is 6.41. The highest BCUT2D eigenvalue weighted by Gasteiger charge is 2.38. The molecule has 0 bridgehead atoms. The number of amides is 1. The van der Waals surface area contributed by atoms with Gasteiger partial charge >= 0.3 is 0 Å². The number of rotatable bonds is 2. The van der Waals surface area contributed by atoms with Crippen molar-refractivity contribution in [1.29, 1.82) is 0 Å². The van der Waals surface area contributed by atoms with Gasteiger partial charge in [-0.3, -0.25) is 9.48 Å². The Morgan fingerprint density at radius 1 is 1.67 bits per heavy atom. The maximum absolute atomic E-state index is 12.3. The van der Waals surface area contributed by atoms with Gasteiger partial charge in [0.1, 0.15) is 5.82 Å². The highest BCUT2D eigenvalue weighted by Crippen LogP contribution is 2.31. The highest BCUT2D eigenvalue weighted by atomic mass is 16.2. The van der Waals surface area contributed by atoms with Crippen LogP contribution in [0.25, 0.3) is 0 Å². The van der Waals surface area contributed by atoms with E-state index in [2.05, 4.69) is 17.3 Å². The SMILES string of the molecule is Cc1cc(NC(=O)C2(N)CCCC(C)C2)n(C)n1. The van der Waals surface area contributed by atoms with Crippen LogP contribution in [0, 0.1) is 12.8 Å². The molecule has 2 atom stereocenters. The van der Waals surface area contributed by atoms with E-state index in [9.17, 15) is 4.79 Å². The van der Waals surface area contributed by atoms with Crippen molar-refractivity contribution < 1.29 is 4.79 Å². The van der Waals surface area contributed by atoms with Gasteiger partial charge in [-0.05, 0) is 25.7 Å². The average molecular weight is 250 g/mol. The molecule has 0 aromatic carbocycles. The van der Waals surface area contributed by atoms with Crippen molar-refractivity contribution in [3.05, 3.63) is 11.8 Å². The minimum Gasteiger partial charge on any atom is -0.317 e. The van der Waals surface area contributed by atoms with E-state index in [0.29, 0.717) is 11.7 Å². The Kier molecular flexibility index (Phi) is 3.43. The summed E-state index contributed by atoms with van der Waals surface area (Å²) in [6, 6.07) is 1.85. The van der Waals surface area contributed by atoms with E-state index in [1.165, 1.54) is 0 Å². The smallest absolute Gasteiger partial charge is 0.245 e. The molecule has 1 heterocycles. The van der Waals surface area contributed by atoms with Gasteiger partial charge in [0.15, 0.2) is 0 Å². The minimum atomic E-state index is -0.726. The third kappa shape index (κ3) is 2.56. The normalized spacial score (nSPS) is 28.1. The lowest BCUT2D eigenvalue weighted by Crippen LogP contribution is -2.53.